The summed E-state index contributed by atoms with van der Waals surface area (Å²) in [6.07, 6.45) is -4.94. The molecule has 1 saturated heterocycles. The summed E-state index contributed by atoms with van der Waals surface area (Å²) in [5.41, 5.74) is -0.967. The predicted octanol–water partition coefficient (Wildman–Crippen LogP) is 1.82. The Kier molecular flexibility index (Phi) is 4.47. The monoisotopic (exact) mass is 329 g/mol. The lowest BCUT2D eigenvalue weighted by Crippen LogP contribution is -2.41. The average Bonchev–Trinajstić information content (AvgIpc) is 2.95. The number of hydrogen-bond acceptors (Lipinski definition) is 4. The first-order valence-electron chi connectivity index (χ1n) is 6.08. The molecule has 2 rings (SSSR count). The van der Waals surface area contributed by atoms with Crippen LogP contribution < -0.4 is 10.6 Å². The summed E-state index contributed by atoms with van der Waals surface area (Å²) in [5.74, 6) is -3.49. The number of aromatic nitrogens is 1. The zero-order valence-electron chi connectivity index (χ0n) is 10.6. The third kappa shape index (κ3) is 4.34. The van der Waals surface area contributed by atoms with Crippen molar-refractivity contribution in [2.24, 2.45) is 0 Å². The van der Waals surface area contributed by atoms with Crippen LogP contribution in [-0.2, 0) is 17.4 Å². The van der Waals surface area contributed by atoms with E-state index < -0.39 is 42.7 Å². The van der Waals surface area contributed by atoms with Gasteiger partial charge in [0.2, 0.25) is 5.91 Å². The lowest BCUT2D eigenvalue weighted by molar-refractivity contribution is -0.140. The molecule has 0 spiro atoms. The predicted molar refractivity (Wildman–Crippen MR) is 65.2 cm³/mol. The highest BCUT2D eigenvalue weighted by molar-refractivity contribution is 7.09. The van der Waals surface area contributed by atoms with Crippen molar-refractivity contribution in [3.8, 4) is 0 Å². The maximum Gasteiger partial charge on any atom is 0.434 e. The third-order valence-corrected chi connectivity index (χ3v) is 3.82. The summed E-state index contributed by atoms with van der Waals surface area (Å²) in [4.78, 5) is 15.0. The topological polar surface area (TPSA) is 54.0 Å². The molecular weight excluding hydrogens is 317 g/mol. The van der Waals surface area contributed by atoms with E-state index in [2.05, 4.69) is 15.6 Å². The summed E-state index contributed by atoms with van der Waals surface area (Å²) in [6, 6.07) is -0.970. The van der Waals surface area contributed by atoms with Crippen LogP contribution in [0.3, 0.4) is 0 Å². The van der Waals surface area contributed by atoms with Crippen molar-refractivity contribution in [2.45, 2.75) is 31.0 Å². The highest BCUT2D eigenvalue weighted by atomic mass is 32.1. The van der Waals surface area contributed by atoms with Crippen molar-refractivity contribution in [3.05, 3.63) is 16.1 Å². The van der Waals surface area contributed by atoms with E-state index in [-0.39, 0.29) is 18.0 Å². The van der Waals surface area contributed by atoms with Gasteiger partial charge in [-0.2, -0.15) is 13.2 Å². The van der Waals surface area contributed by atoms with Gasteiger partial charge < -0.3 is 5.32 Å². The van der Waals surface area contributed by atoms with Crippen LogP contribution >= 0.6 is 11.3 Å². The zero-order chi connectivity index (χ0) is 15.7. The van der Waals surface area contributed by atoms with Crippen molar-refractivity contribution in [1.82, 2.24) is 15.6 Å². The number of carbonyl (C=O) groups excluding carboxylic acids is 1. The largest absolute Gasteiger partial charge is 0.434 e. The molecule has 4 nitrogen and oxygen atoms in total. The second-order valence-corrected chi connectivity index (χ2v) is 5.60. The maximum atomic E-state index is 12.9. The Bertz CT molecular complexity index is 516. The van der Waals surface area contributed by atoms with Crippen LogP contribution in [0.1, 0.15) is 17.1 Å². The van der Waals surface area contributed by atoms with Gasteiger partial charge in [-0.15, -0.1) is 11.3 Å². The summed E-state index contributed by atoms with van der Waals surface area (Å²) in [6.45, 7) is -0.500. The van der Waals surface area contributed by atoms with Gasteiger partial charge in [0.15, 0.2) is 5.69 Å². The lowest BCUT2D eigenvalue weighted by atomic mass is 10.2. The van der Waals surface area contributed by atoms with Crippen LogP contribution in [0.5, 0.6) is 0 Å². The van der Waals surface area contributed by atoms with Gasteiger partial charge in [-0.05, 0) is 0 Å². The fourth-order valence-electron chi connectivity index (χ4n) is 1.87. The molecule has 0 aromatic carbocycles. The molecule has 0 bridgehead atoms. The second-order valence-electron chi connectivity index (χ2n) is 4.66. The first-order chi connectivity index (χ1) is 9.67. The number of carbonyl (C=O) groups is 1. The van der Waals surface area contributed by atoms with Crippen LogP contribution in [0.2, 0.25) is 0 Å². The van der Waals surface area contributed by atoms with E-state index in [1.54, 1.807) is 0 Å². The summed E-state index contributed by atoms with van der Waals surface area (Å²) in [5, 5.41) is 5.93. The molecule has 2 heterocycles. The van der Waals surface area contributed by atoms with Crippen molar-refractivity contribution < 1.29 is 26.7 Å². The molecule has 118 valence electrons. The van der Waals surface area contributed by atoms with E-state index in [1.807, 2.05) is 0 Å². The highest BCUT2D eigenvalue weighted by Gasteiger charge is 2.42. The summed E-state index contributed by atoms with van der Waals surface area (Å²) in [7, 11) is 0. The third-order valence-electron chi connectivity index (χ3n) is 2.91. The lowest BCUT2D eigenvalue weighted by Gasteiger charge is -2.10. The average molecular weight is 329 g/mol. The van der Waals surface area contributed by atoms with Gasteiger partial charge >= 0.3 is 6.18 Å². The zero-order valence-corrected chi connectivity index (χ0v) is 11.5. The Labute approximate surface area is 120 Å². The van der Waals surface area contributed by atoms with E-state index in [0.717, 1.165) is 16.7 Å². The molecule has 1 aliphatic rings. The minimum Gasteiger partial charge on any atom is -0.354 e. The number of hydrogen-bond donors (Lipinski definition) is 2. The SMILES string of the molecule is O=C(NCCc1nc(C(F)(F)F)cs1)C1CC(F)(F)CN1. The van der Waals surface area contributed by atoms with Crippen molar-refractivity contribution >= 4 is 17.2 Å². The first kappa shape index (κ1) is 16.1. The molecular formula is C11H12F5N3OS. The van der Waals surface area contributed by atoms with Gasteiger partial charge in [0.25, 0.3) is 5.92 Å². The quantitative estimate of drug-likeness (QED) is 0.829. The molecule has 1 aliphatic heterocycles. The number of nitrogens with zero attached hydrogens (tertiary/aromatic N) is 1. The van der Waals surface area contributed by atoms with E-state index in [1.165, 1.54) is 0 Å². The number of alkyl halides is 5. The Morgan fingerprint density at radius 3 is 2.76 bits per heavy atom. The minimum atomic E-state index is -4.49. The molecule has 1 aromatic heterocycles. The van der Waals surface area contributed by atoms with Gasteiger partial charge in [0.1, 0.15) is 0 Å². The van der Waals surface area contributed by atoms with Crippen LogP contribution in [0.4, 0.5) is 22.0 Å². The summed E-state index contributed by atoms with van der Waals surface area (Å²) < 4.78 is 62.8. The maximum absolute atomic E-state index is 12.9. The molecule has 0 aliphatic carbocycles. The molecule has 2 N–H and O–H groups in total. The Morgan fingerprint density at radius 2 is 2.24 bits per heavy atom. The number of rotatable bonds is 4. The van der Waals surface area contributed by atoms with E-state index >= 15 is 0 Å². The van der Waals surface area contributed by atoms with E-state index in [0.29, 0.717) is 0 Å². The minimum absolute atomic E-state index is 0.0490. The van der Waals surface area contributed by atoms with Crippen molar-refractivity contribution in [1.29, 1.82) is 0 Å². The molecule has 10 heteroatoms. The van der Waals surface area contributed by atoms with Crippen LogP contribution in [0, 0.1) is 0 Å². The first-order valence-corrected chi connectivity index (χ1v) is 6.96. The molecule has 21 heavy (non-hydrogen) atoms. The van der Waals surface area contributed by atoms with Crippen LogP contribution in [0.15, 0.2) is 5.38 Å². The van der Waals surface area contributed by atoms with Gasteiger partial charge in [0.05, 0.1) is 17.6 Å². The standard InChI is InChI=1S/C11H12F5N3OS/c12-10(13)3-6(18-5-10)9(20)17-2-1-8-19-7(4-21-8)11(14,15)16/h4,6,18H,1-3,5H2,(H,17,20). The Balaban J connectivity index is 1.77. The van der Waals surface area contributed by atoms with Crippen LogP contribution in [0.25, 0.3) is 0 Å². The van der Waals surface area contributed by atoms with E-state index in [4.69, 9.17) is 0 Å². The fourth-order valence-corrected chi connectivity index (χ4v) is 2.68. The van der Waals surface area contributed by atoms with Crippen molar-refractivity contribution in [3.63, 3.8) is 0 Å². The molecule has 1 fully saturated rings. The number of halogens is 5. The molecule has 1 atom stereocenters. The molecule has 0 radical (unpaired) electrons. The fraction of sp³-hybridized carbons (Fsp3) is 0.636. The molecule has 1 aromatic rings. The smallest absolute Gasteiger partial charge is 0.354 e. The molecule has 0 saturated carbocycles. The molecule has 1 unspecified atom stereocenters. The van der Waals surface area contributed by atoms with Gasteiger partial charge in [0, 0.05) is 24.8 Å². The highest BCUT2D eigenvalue weighted by Crippen LogP contribution is 2.30. The number of thiazole rings is 1. The Hall–Kier alpha value is -1.29. The second kappa shape index (κ2) is 5.84. The van der Waals surface area contributed by atoms with Gasteiger partial charge in [-0.1, -0.05) is 0 Å². The van der Waals surface area contributed by atoms with Gasteiger partial charge in [-0.3, -0.25) is 10.1 Å². The van der Waals surface area contributed by atoms with E-state index in [9.17, 15) is 26.7 Å². The number of nitrogens with one attached hydrogen (secondary N) is 2. The van der Waals surface area contributed by atoms with Crippen LogP contribution in [-0.4, -0.2) is 35.9 Å². The Morgan fingerprint density at radius 1 is 1.52 bits per heavy atom. The molecule has 1 amide bonds. The summed E-state index contributed by atoms with van der Waals surface area (Å²) >= 11 is 0.842. The van der Waals surface area contributed by atoms with Gasteiger partial charge in [-0.25, -0.2) is 13.8 Å². The number of amides is 1. The normalized spacial score (nSPS) is 21.5. The van der Waals surface area contributed by atoms with Crippen molar-refractivity contribution in [2.75, 3.05) is 13.1 Å².